The first-order valence-corrected chi connectivity index (χ1v) is 10.9. The Balaban J connectivity index is 1.81. The number of para-hydroxylation sites is 1. The highest BCUT2D eigenvalue weighted by atomic mass is 32.2. The molecular formula is C19H22N4O3S2. The van der Waals surface area contributed by atoms with Crippen LogP contribution in [-0.2, 0) is 22.8 Å². The lowest BCUT2D eigenvalue weighted by atomic mass is 10.2. The molecular weight excluding hydrogens is 396 g/mol. The average molecular weight is 419 g/mol. The van der Waals surface area contributed by atoms with E-state index in [2.05, 4.69) is 10.2 Å². The third kappa shape index (κ3) is 4.06. The molecule has 0 atom stereocenters. The van der Waals surface area contributed by atoms with E-state index < -0.39 is 10.0 Å². The fraction of sp³-hybridized carbons (Fsp3) is 0.263. The lowest BCUT2D eigenvalue weighted by molar-refractivity contribution is 0.416. The van der Waals surface area contributed by atoms with Crippen LogP contribution in [0.1, 0.15) is 5.56 Å². The number of hydrogen-bond acceptors (Lipinski definition) is 6. The first kappa shape index (κ1) is 20.4. The number of benzene rings is 2. The van der Waals surface area contributed by atoms with Gasteiger partial charge in [-0.3, -0.25) is 0 Å². The molecule has 3 rings (SSSR count). The van der Waals surface area contributed by atoms with Crippen LogP contribution < -0.4 is 4.74 Å². The van der Waals surface area contributed by atoms with Crippen molar-refractivity contribution >= 4 is 21.8 Å². The summed E-state index contributed by atoms with van der Waals surface area (Å²) < 4.78 is 33.2. The van der Waals surface area contributed by atoms with Crippen molar-refractivity contribution in [2.75, 3.05) is 21.2 Å². The van der Waals surface area contributed by atoms with E-state index in [-0.39, 0.29) is 4.90 Å². The van der Waals surface area contributed by atoms with Gasteiger partial charge in [-0.2, -0.15) is 0 Å². The highest BCUT2D eigenvalue weighted by molar-refractivity contribution is 7.98. The number of ether oxygens (including phenoxy) is 1. The predicted octanol–water partition coefficient (Wildman–Crippen LogP) is 3.03. The molecule has 0 fully saturated rings. The van der Waals surface area contributed by atoms with Gasteiger partial charge in [0.25, 0.3) is 0 Å². The van der Waals surface area contributed by atoms with Crippen LogP contribution in [0.5, 0.6) is 5.75 Å². The number of sulfonamides is 1. The lowest BCUT2D eigenvalue weighted by Gasteiger charge is -2.12. The molecule has 0 saturated heterocycles. The Kier molecular flexibility index (Phi) is 6.07. The maximum atomic E-state index is 12.3. The Morgan fingerprint density at radius 2 is 1.86 bits per heavy atom. The van der Waals surface area contributed by atoms with Gasteiger partial charge in [0.15, 0.2) is 11.0 Å². The third-order valence-corrected chi connectivity index (χ3v) is 7.13. The zero-order valence-electron chi connectivity index (χ0n) is 16.2. The van der Waals surface area contributed by atoms with Crippen LogP contribution in [0.25, 0.3) is 11.4 Å². The van der Waals surface area contributed by atoms with Crippen LogP contribution in [0.15, 0.2) is 58.6 Å². The number of nitrogens with zero attached hydrogens (tertiary/aromatic N) is 4. The molecule has 0 aliphatic heterocycles. The summed E-state index contributed by atoms with van der Waals surface area (Å²) in [5.41, 5.74) is 1.76. The summed E-state index contributed by atoms with van der Waals surface area (Å²) in [7, 11) is 3.12. The second-order valence-electron chi connectivity index (χ2n) is 6.29. The maximum absolute atomic E-state index is 12.3. The Bertz CT molecular complexity index is 1080. The van der Waals surface area contributed by atoms with Gasteiger partial charge < -0.3 is 9.30 Å². The summed E-state index contributed by atoms with van der Waals surface area (Å²) in [5, 5.41) is 9.31. The Hall–Kier alpha value is -2.36. The highest BCUT2D eigenvalue weighted by Crippen LogP contribution is 2.31. The molecule has 0 saturated carbocycles. The largest absolute Gasteiger partial charge is 0.496 e. The fourth-order valence-electron chi connectivity index (χ4n) is 2.66. The van der Waals surface area contributed by atoms with Gasteiger partial charge in [0, 0.05) is 26.9 Å². The van der Waals surface area contributed by atoms with Crippen LogP contribution >= 0.6 is 11.8 Å². The second kappa shape index (κ2) is 8.34. The molecule has 28 heavy (non-hydrogen) atoms. The minimum absolute atomic E-state index is 0.281. The van der Waals surface area contributed by atoms with Gasteiger partial charge in [0.2, 0.25) is 10.0 Å². The normalized spacial score (nSPS) is 11.8. The first-order chi connectivity index (χ1) is 13.3. The summed E-state index contributed by atoms with van der Waals surface area (Å²) >= 11 is 1.50. The molecule has 148 valence electrons. The monoisotopic (exact) mass is 418 g/mol. The third-order valence-electron chi connectivity index (χ3n) is 4.23. The lowest BCUT2D eigenvalue weighted by Crippen LogP contribution is -2.22. The van der Waals surface area contributed by atoms with Crippen molar-refractivity contribution in [1.29, 1.82) is 0 Å². The standard InChI is InChI=1S/C19H22N4O3S2/c1-22(2)28(24,25)15-9-7-8-14(12-15)13-27-19-21-20-18(23(19)3)16-10-5-6-11-17(16)26-4/h5-12H,13H2,1-4H3. The maximum Gasteiger partial charge on any atom is 0.242 e. The van der Waals surface area contributed by atoms with Crippen molar-refractivity contribution < 1.29 is 13.2 Å². The predicted molar refractivity (Wildman–Crippen MR) is 110 cm³/mol. The second-order valence-corrected chi connectivity index (χ2v) is 9.38. The van der Waals surface area contributed by atoms with Gasteiger partial charge in [-0.15, -0.1) is 10.2 Å². The number of aromatic nitrogens is 3. The molecule has 0 unspecified atom stereocenters. The molecule has 0 aliphatic carbocycles. The van der Waals surface area contributed by atoms with Crippen molar-refractivity contribution in [2.24, 2.45) is 7.05 Å². The van der Waals surface area contributed by atoms with Crippen molar-refractivity contribution in [3.8, 4) is 17.1 Å². The topological polar surface area (TPSA) is 77.3 Å². The molecule has 3 aromatic rings. The Morgan fingerprint density at radius 1 is 1.11 bits per heavy atom. The molecule has 0 aliphatic rings. The molecule has 0 spiro atoms. The molecule has 1 aromatic heterocycles. The number of methoxy groups -OCH3 is 1. The molecule has 1 heterocycles. The molecule has 0 amide bonds. The van der Waals surface area contributed by atoms with Crippen LogP contribution in [0, 0.1) is 0 Å². The molecule has 0 N–H and O–H groups in total. The first-order valence-electron chi connectivity index (χ1n) is 8.51. The molecule has 2 aromatic carbocycles. The van der Waals surface area contributed by atoms with Crippen molar-refractivity contribution in [1.82, 2.24) is 19.1 Å². The van der Waals surface area contributed by atoms with E-state index in [0.717, 1.165) is 22.0 Å². The van der Waals surface area contributed by atoms with Crippen molar-refractivity contribution in [2.45, 2.75) is 15.8 Å². The quantitative estimate of drug-likeness (QED) is 0.549. The zero-order chi connectivity index (χ0) is 20.3. The van der Waals surface area contributed by atoms with E-state index >= 15 is 0 Å². The van der Waals surface area contributed by atoms with Gasteiger partial charge in [-0.25, -0.2) is 12.7 Å². The Morgan fingerprint density at radius 3 is 2.57 bits per heavy atom. The van der Waals surface area contributed by atoms with Crippen molar-refractivity contribution in [3.05, 3.63) is 54.1 Å². The summed E-state index contributed by atoms with van der Waals surface area (Å²) in [6, 6.07) is 14.6. The molecule has 7 nitrogen and oxygen atoms in total. The van der Waals surface area contributed by atoms with E-state index in [1.807, 2.05) is 41.9 Å². The Labute approximate surface area is 169 Å². The summed E-state index contributed by atoms with van der Waals surface area (Å²) in [6.07, 6.45) is 0. The smallest absolute Gasteiger partial charge is 0.242 e. The number of hydrogen-bond donors (Lipinski definition) is 0. The van der Waals surface area contributed by atoms with E-state index in [1.165, 1.54) is 30.2 Å². The van der Waals surface area contributed by atoms with Gasteiger partial charge in [-0.1, -0.05) is 36.0 Å². The minimum Gasteiger partial charge on any atom is -0.496 e. The molecule has 9 heteroatoms. The SMILES string of the molecule is COc1ccccc1-c1nnc(SCc2cccc(S(=O)(=O)N(C)C)c2)n1C. The summed E-state index contributed by atoms with van der Waals surface area (Å²) in [4.78, 5) is 0.281. The number of thioether (sulfide) groups is 1. The van der Waals surface area contributed by atoms with Gasteiger partial charge >= 0.3 is 0 Å². The van der Waals surface area contributed by atoms with Gasteiger partial charge in [-0.05, 0) is 29.8 Å². The van der Waals surface area contributed by atoms with Crippen LogP contribution in [0.3, 0.4) is 0 Å². The molecule has 0 radical (unpaired) electrons. The average Bonchev–Trinajstić information content (AvgIpc) is 3.06. The van der Waals surface area contributed by atoms with Crippen LogP contribution in [0.2, 0.25) is 0 Å². The molecule has 0 bridgehead atoms. The van der Waals surface area contributed by atoms with E-state index in [4.69, 9.17) is 4.74 Å². The number of rotatable bonds is 7. The van der Waals surface area contributed by atoms with E-state index in [9.17, 15) is 8.42 Å². The van der Waals surface area contributed by atoms with Gasteiger partial charge in [0.1, 0.15) is 5.75 Å². The minimum atomic E-state index is -3.45. The fourth-order valence-corrected chi connectivity index (χ4v) is 4.49. The zero-order valence-corrected chi connectivity index (χ0v) is 17.8. The van der Waals surface area contributed by atoms with Crippen LogP contribution in [0.4, 0.5) is 0 Å². The summed E-state index contributed by atoms with van der Waals surface area (Å²) in [6.45, 7) is 0. The summed E-state index contributed by atoms with van der Waals surface area (Å²) in [5.74, 6) is 2.02. The van der Waals surface area contributed by atoms with Crippen LogP contribution in [-0.4, -0.2) is 48.7 Å². The van der Waals surface area contributed by atoms with E-state index in [0.29, 0.717) is 11.6 Å². The highest BCUT2D eigenvalue weighted by Gasteiger charge is 2.18. The van der Waals surface area contributed by atoms with E-state index in [1.54, 1.807) is 25.3 Å². The van der Waals surface area contributed by atoms with Gasteiger partial charge in [0.05, 0.1) is 17.6 Å². The van der Waals surface area contributed by atoms with Crippen molar-refractivity contribution in [3.63, 3.8) is 0 Å².